The van der Waals surface area contributed by atoms with Gasteiger partial charge in [0.2, 0.25) is 0 Å². The number of piperazine rings is 1. The summed E-state index contributed by atoms with van der Waals surface area (Å²) in [6, 6.07) is 2.34. The molecule has 2 atom stereocenters. The number of rotatable bonds is 5. The van der Waals surface area contributed by atoms with Crippen molar-refractivity contribution in [3.05, 3.63) is 22.7 Å². The van der Waals surface area contributed by atoms with Crippen molar-refractivity contribution in [1.82, 2.24) is 9.80 Å². The lowest BCUT2D eigenvalue weighted by Crippen LogP contribution is -2.53. The maximum atomic E-state index is 11.9. The number of hydrogen-bond acceptors (Lipinski definition) is 5. The molecule has 1 aliphatic heterocycles. The molecular weight excluding hydrogens is 320 g/mol. The zero-order chi connectivity index (χ0) is 17.1. The third-order valence-electron chi connectivity index (χ3n) is 4.11. The van der Waals surface area contributed by atoms with Gasteiger partial charge >= 0.3 is 5.97 Å². The average Bonchev–Trinajstić information content (AvgIpc) is 2.46. The molecular formula is C16H23ClN2O4. The van der Waals surface area contributed by atoms with E-state index >= 15 is 0 Å². The van der Waals surface area contributed by atoms with Crippen LogP contribution in [0.15, 0.2) is 12.1 Å². The number of carboxylic acid groups (broad SMARTS) is 1. The van der Waals surface area contributed by atoms with E-state index < -0.39 is 12.0 Å². The fraction of sp³-hybridized carbons (Fsp3) is 0.562. The summed E-state index contributed by atoms with van der Waals surface area (Å²) in [5.74, 6) is -0.888. The summed E-state index contributed by atoms with van der Waals surface area (Å²) in [4.78, 5) is 16.0. The molecule has 0 amide bonds. The lowest BCUT2D eigenvalue weighted by Gasteiger charge is -2.41. The molecule has 23 heavy (non-hydrogen) atoms. The number of hydrogen-bond donors (Lipinski definition) is 2. The van der Waals surface area contributed by atoms with Crippen LogP contribution in [0, 0.1) is 0 Å². The Bertz CT molecular complexity index is 581. The van der Waals surface area contributed by atoms with Crippen LogP contribution in [0.3, 0.4) is 0 Å². The zero-order valence-corrected chi connectivity index (χ0v) is 14.4. The summed E-state index contributed by atoms with van der Waals surface area (Å²) in [6.07, 6.45) is 0. The molecule has 6 nitrogen and oxygen atoms in total. The summed E-state index contributed by atoms with van der Waals surface area (Å²) in [7, 11) is 2.02. The minimum atomic E-state index is -0.939. The van der Waals surface area contributed by atoms with Crippen LogP contribution in [-0.2, 0) is 4.79 Å². The second-order valence-electron chi connectivity index (χ2n) is 5.87. The first-order valence-corrected chi connectivity index (χ1v) is 8.05. The Morgan fingerprint density at radius 1 is 1.48 bits per heavy atom. The molecule has 0 spiro atoms. The second kappa shape index (κ2) is 7.38. The summed E-state index contributed by atoms with van der Waals surface area (Å²) in [5.41, 5.74) is 0.514. The number of halogens is 1. The van der Waals surface area contributed by atoms with Crippen LogP contribution < -0.4 is 4.74 Å². The van der Waals surface area contributed by atoms with E-state index in [1.54, 1.807) is 13.0 Å². The fourth-order valence-corrected chi connectivity index (χ4v) is 3.25. The number of aliphatic carboxylic acids is 1. The van der Waals surface area contributed by atoms with E-state index in [1.165, 1.54) is 6.07 Å². The van der Waals surface area contributed by atoms with Crippen molar-refractivity contribution < 1.29 is 19.7 Å². The first-order valence-electron chi connectivity index (χ1n) is 7.67. The second-order valence-corrected chi connectivity index (χ2v) is 6.28. The molecule has 2 N–H and O–H groups in total. The molecule has 0 bridgehead atoms. The Labute approximate surface area is 141 Å². The van der Waals surface area contributed by atoms with Gasteiger partial charge in [0, 0.05) is 25.7 Å². The molecule has 1 heterocycles. The molecule has 0 aromatic heterocycles. The lowest BCUT2D eigenvalue weighted by molar-refractivity contribution is -0.145. The van der Waals surface area contributed by atoms with Crippen molar-refractivity contribution in [3.63, 3.8) is 0 Å². The first-order chi connectivity index (χ1) is 10.8. The van der Waals surface area contributed by atoms with Crippen molar-refractivity contribution in [2.24, 2.45) is 0 Å². The van der Waals surface area contributed by atoms with Crippen molar-refractivity contribution in [1.29, 1.82) is 0 Å². The Balaban J connectivity index is 2.40. The van der Waals surface area contributed by atoms with Gasteiger partial charge in [0.05, 0.1) is 11.6 Å². The van der Waals surface area contributed by atoms with Gasteiger partial charge in [-0.3, -0.25) is 9.69 Å². The molecule has 1 fully saturated rings. The average molecular weight is 343 g/mol. The first kappa shape index (κ1) is 17.8. The van der Waals surface area contributed by atoms with Gasteiger partial charge < -0.3 is 19.8 Å². The highest BCUT2D eigenvalue weighted by Crippen LogP contribution is 2.38. The van der Waals surface area contributed by atoms with Crippen molar-refractivity contribution in [2.75, 3.05) is 33.3 Å². The normalized spacial score (nSPS) is 21.1. The van der Waals surface area contributed by atoms with E-state index in [0.717, 1.165) is 13.1 Å². The molecule has 7 heteroatoms. The van der Waals surface area contributed by atoms with Gasteiger partial charge in [-0.2, -0.15) is 0 Å². The SMILES string of the molecule is CCOc1cc(C(C(=O)O)N2CCN(C)CC2C)cc(Cl)c1O. The van der Waals surface area contributed by atoms with Gasteiger partial charge in [-0.25, -0.2) is 0 Å². The van der Waals surface area contributed by atoms with Gasteiger partial charge in [-0.15, -0.1) is 0 Å². The largest absolute Gasteiger partial charge is 0.503 e. The summed E-state index contributed by atoms with van der Waals surface area (Å²) >= 11 is 6.05. The number of benzene rings is 1. The number of ether oxygens (including phenoxy) is 1. The maximum Gasteiger partial charge on any atom is 0.325 e. The van der Waals surface area contributed by atoms with E-state index in [0.29, 0.717) is 18.7 Å². The smallest absolute Gasteiger partial charge is 0.325 e. The topological polar surface area (TPSA) is 73.2 Å². The minimum absolute atomic E-state index is 0.0953. The summed E-state index contributed by atoms with van der Waals surface area (Å²) in [6.45, 7) is 6.41. The highest BCUT2D eigenvalue weighted by molar-refractivity contribution is 6.32. The van der Waals surface area contributed by atoms with Gasteiger partial charge in [0.1, 0.15) is 6.04 Å². The zero-order valence-electron chi connectivity index (χ0n) is 13.6. The number of likely N-dealkylation sites (N-methyl/N-ethyl adjacent to an activating group) is 1. The molecule has 128 valence electrons. The highest BCUT2D eigenvalue weighted by atomic mass is 35.5. The van der Waals surface area contributed by atoms with Gasteiger partial charge in [-0.1, -0.05) is 11.6 Å². The maximum absolute atomic E-state index is 11.9. The monoisotopic (exact) mass is 342 g/mol. The summed E-state index contributed by atoms with van der Waals surface area (Å²) < 4.78 is 5.37. The van der Waals surface area contributed by atoms with Crippen LogP contribution in [-0.4, -0.2) is 65.3 Å². The van der Waals surface area contributed by atoms with Crippen LogP contribution in [0.5, 0.6) is 11.5 Å². The molecule has 2 rings (SSSR count). The van der Waals surface area contributed by atoms with Crippen LogP contribution in [0.1, 0.15) is 25.5 Å². The fourth-order valence-electron chi connectivity index (χ4n) is 3.03. The highest BCUT2D eigenvalue weighted by Gasteiger charge is 2.34. The predicted octanol–water partition coefficient (Wildman–Crippen LogP) is 2.21. The van der Waals surface area contributed by atoms with E-state index in [2.05, 4.69) is 4.90 Å². The third kappa shape index (κ3) is 3.88. The molecule has 1 aromatic carbocycles. The van der Waals surface area contributed by atoms with E-state index in [4.69, 9.17) is 16.3 Å². The number of aromatic hydroxyl groups is 1. The molecule has 2 unspecified atom stereocenters. The van der Waals surface area contributed by atoms with Crippen molar-refractivity contribution >= 4 is 17.6 Å². The minimum Gasteiger partial charge on any atom is -0.503 e. The Morgan fingerprint density at radius 2 is 2.17 bits per heavy atom. The number of carboxylic acids is 1. The molecule has 1 saturated heterocycles. The molecule has 1 aliphatic rings. The van der Waals surface area contributed by atoms with E-state index in [9.17, 15) is 15.0 Å². The number of phenols is 1. The van der Waals surface area contributed by atoms with Crippen molar-refractivity contribution in [3.8, 4) is 11.5 Å². The molecule has 1 aromatic rings. The standard InChI is InChI=1S/C16H23ClN2O4/c1-4-23-13-8-11(7-12(17)15(13)20)14(16(21)22)19-6-5-18(3)9-10(19)2/h7-8,10,14,20H,4-6,9H2,1-3H3,(H,21,22). The van der Waals surface area contributed by atoms with Gasteiger partial charge in [0.15, 0.2) is 11.5 Å². The number of carbonyl (C=O) groups is 1. The van der Waals surface area contributed by atoms with E-state index in [-0.39, 0.29) is 22.6 Å². The number of nitrogens with zero attached hydrogens (tertiary/aromatic N) is 2. The van der Waals surface area contributed by atoms with Crippen molar-refractivity contribution in [2.45, 2.75) is 25.9 Å². The van der Waals surface area contributed by atoms with Crippen LogP contribution in [0.2, 0.25) is 5.02 Å². The van der Waals surface area contributed by atoms with E-state index in [1.807, 2.05) is 18.9 Å². The van der Waals surface area contributed by atoms with Crippen LogP contribution >= 0.6 is 11.6 Å². The Morgan fingerprint density at radius 3 is 2.74 bits per heavy atom. The Kier molecular flexibility index (Phi) is 5.73. The van der Waals surface area contributed by atoms with Gasteiger partial charge in [0.25, 0.3) is 0 Å². The molecule has 0 radical (unpaired) electrons. The third-order valence-corrected chi connectivity index (χ3v) is 4.40. The molecule has 0 saturated carbocycles. The van der Waals surface area contributed by atoms with Gasteiger partial charge in [-0.05, 0) is 38.6 Å². The molecule has 0 aliphatic carbocycles. The quantitative estimate of drug-likeness (QED) is 0.854. The lowest BCUT2D eigenvalue weighted by atomic mass is 10.0. The number of phenolic OH excluding ortho intramolecular Hbond substituents is 1. The summed E-state index contributed by atoms with van der Waals surface area (Å²) in [5, 5.41) is 19.8. The predicted molar refractivity (Wildman–Crippen MR) is 88.3 cm³/mol. The van der Waals surface area contributed by atoms with Crippen LogP contribution in [0.25, 0.3) is 0 Å². The van der Waals surface area contributed by atoms with Crippen LogP contribution in [0.4, 0.5) is 0 Å². The Hall–Kier alpha value is -1.50.